The summed E-state index contributed by atoms with van der Waals surface area (Å²) in [5, 5.41) is 3.75. The molecule has 0 fully saturated rings. The molecule has 0 saturated carbocycles. The van der Waals surface area contributed by atoms with Crippen LogP contribution in [-0.4, -0.2) is 6.21 Å². The van der Waals surface area contributed by atoms with Gasteiger partial charge in [-0.15, -0.1) is 0 Å². The van der Waals surface area contributed by atoms with E-state index in [-0.39, 0.29) is 0 Å². The molecule has 0 spiro atoms. The van der Waals surface area contributed by atoms with Gasteiger partial charge in [-0.3, -0.25) is 0 Å². The summed E-state index contributed by atoms with van der Waals surface area (Å²) in [6.45, 7) is 0. The van der Waals surface area contributed by atoms with Crippen LogP contribution in [0.15, 0.2) is 127 Å². The quantitative estimate of drug-likeness (QED) is 0.577. The zero-order valence-electron chi connectivity index (χ0n) is 13.0. The van der Waals surface area contributed by atoms with Crippen LogP contribution in [-0.2, 0) is 4.84 Å². The van der Waals surface area contributed by atoms with Crippen LogP contribution in [0.2, 0.25) is 0 Å². The second-order valence-corrected chi connectivity index (χ2v) is 4.15. The van der Waals surface area contributed by atoms with Crippen molar-refractivity contribution >= 4 is 6.21 Å². The highest BCUT2D eigenvalue weighted by molar-refractivity contribution is 5.70. The summed E-state index contributed by atoms with van der Waals surface area (Å²) in [6.07, 6.45) is 39.8. The van der Waals surface area contributed by atoms with E-state index >= 15 is 0 Å². The summed E-state index contributed by atoms with van der Waals surface area (Å²) in [7, 11) is 0. The van der Waals surface area contributed by atoms with Gasteiger partial charge in [0, 0.05) is 0 Å². The van der Waals surface area contributed by atoms with Gasteiger partial charge < -0.3 is 4.84 Å². The summed E-state index contributed by atoms with van der Waals surface area (Å²) in [4.78, 5) is 4.94. The van der Waals surface area contributed by atoms with E-state index in [9.17, 15) is 0 Å². The maximum atomic E-state index is 4.94. The maximum Gasteiger partial charge on any atom is 0.122 e. The normalized spacial score (nSPS) is 28.5. The first kappa shape index (κ1) is 17.9. The fraction of sp³-hybridized carbons (Fsp3) is 0. The van der Waals surface area contributed by atoms with Crippen LogP contribution in [0.5, 0.6) is 0 Å². The molecule has 0 N–H and O–H groups in total. The summed E-state index contributed by atoms with van der Waals surface area (Å²) >= 11 is 0. The van der Waals surface area contributed by atoms with Crippen LogP contribution in [0.4, 0.5) is 0 Å². The van der Waals surface area contributed by atoms with Crippen molar-refractivity contribution in [2.45, 2.75) is 0 Å². The molecular weight excluding hydrogens is 282 g/mol. The Labute approximate surface area is 138 Å². The minimum atomic E-state index is 1.51. The first-order valence-electron chi connectivity index (χ1n) is 7.34. The van der Waals surface area contributed by atoms with E-state index in [1.165, 1.54) is 6.26 Å². The van der Waals surface area contributed by atoms with Crippen LogP contribution in [0, 0.1) is 0 Å². The van der Waals surface area contributed by atoms with E-state index in [1.54, 1.807) is 18.4 Å². The van der Waals surface area contributed by atoms with Crippen molar-refractivity contribution < 1.29 is 4.84 Å². The zero-order chi connectivity index (χ0) is 16.3. The molecule has 0 atom stereocenters. The largest absolute Gasteiger partial charge is 0.365 e. The SMILES string of the molecule is C1=C\C=C/C=C\C=C/C=C\C=N/O\C=C/C=C\C=C/C=C/C=C1. The summed E-state index contributed by atoms with van der Waals surface area (Å²) in [5.74, 6) is 0. The fourth-order valence-electron chi connectivity index (χ4n) is 1.33. The van der Waals surface area contributed by atoms with Crippen molar-refractivity contribution in [1.29, 1.82) is 0 Å². The van der Waals surface area contributed by atoms with Gasteiger partial charge in [-0.25, -0.2) is 0 Å². The van der Waals surface area contributed by atoms with Crippen LogP contribution < -0.4 is 0 Å². The Morgan fingerprint density at radius 2 is 0.652 bits per heavy atom. The fourth-order valence-corrected chi connectivity index (χ4v) is 1.33. The molecular formula is C21H21NO. The molecule has 0 aliphatic carbocycles. The van der Waals surface area contributed by atoms with Gasteiger partial charge in [0.2, 0.25) is 0 Å². The lowest BCUT2D eigenvalue weighted by atomic mass is 10.3. The molecule has 23 heavy (non-hydrogen) atoms. The second kappa shape index (κ2) is 15.3. The molecule has 116 valence electrons. The highest BCUT2D eigenvalue weighted by Gasteiger charge is 1.69. The third kappa shape index (κ3) is 13.6. The molecule has 2 heteroatoms. The Morgan fingerprint density at radius 1 is 0.348 bits per heavy atom. The van der Waals surface area contributed by atoms with Crippen molar-refractivity contribution in [2.75, 3.05) is 0 Å². The number of allylic oxidation sites excluding steroid dienone is 19. The van der Waals surface area contributed by atoms with E-state index < -0.39 is 0 Å². The van der Waals surface area contributed by atoms with Crippen molar-refractivity contribution in [2.24, 2.45) is 5.16 Å². The number of hydrogen-bond donors (Lipinski definition) is 0. The standard InChI is InChI=1S/C21H21NO/c1-2-4-6-8-10-12-14-16-18-20-22-23-21-19-17-15-13-11-9-7-5-3-1/h1-21H/b2-1?,5-3?,6-4-,9-7+,10-8-,13-11-,14-12-,17-15-,18-16-,21-19-,22-20-. The molecule has 0 bridgehead atoms. The molecule has 0 aromatic carbocycles. The van der Waals surface area contributed by atoms with Crippen LogP contribution in [0.25, 0.3) is 0 Å². The van der Waals surface area contributed by atoms with E-state index in [2.05, 4.69) is 5.16 Å². The van der Waals surface area contributed by atoms with E-state index in [4.69, 9.17) is 4.84 Å². The molecule has 0 radical (unpaired) electrons. The zero-order valence-corrected chi connectivity index (χ0v) is 13.0. The van der Waals surface area contributed by atoms with Crippen LogP contribution in [0.3, 0.4) is 0 Å². The van der Waals surface area contributed by atoms with Gasteiger partial charge in [-0.1, -0.05) is 108 Å². The van der Waals surface area contributed by atoms with Crippen molar-refractivity contribution in [3.8, 4) is 0 Å². The molecule has 0 aromatic rings. The lowest BCUT2D eigenvalue weighted by molar-refractivity contribution is 0.271. The maximum absolute atomic E-state index is 4.94. The Morgan fingerprint density at radius 3 is 1.04 bits per heavy atom. The molecule has 2 nitrogen and oxygen atoms in total. The lowest BCUT2D eigenvalue weighted by Crippen LogP contribution is -1.68. The molecule has 1 aliphatic rings. The molecule has 1 rings (SSSR count). The van der Waals surface area contributed by atoms with E-state index in [0.29, 0.717) is 0 Å². The van der Waals surface area contributed by atoms with E-state index in [1.807, 2.05) is 103 Å². The van der Waals surface area contributed by atoms with Gasteiger partial charge in [0.15, 0.2) is 0 Å². The first-order valence-corrected chi connectivity index (χ1v) is 7.34. The number of rotatable bonds is 0. The molecule has 0 aromatic heterocycles. The number of nitrogens with zero attached hydrogens (tertiary/aromatic N) is 1. The Hall–Kier alpha value is -3.13. The third-order valence-corrected chi connectivity index (χ3v) is 2.35. The van der Waals surface area contributed by atoms with Gasteiger partial charge in [0.05, 0.1) is 6.21 Å². The average Bonchev–Trinajstić information content (AvgIpc) is 2.56. The highest BCUT2D eigenvalue weighted by atomic mass is 16.6. The second-order valence-electron chi connectivity index (χ2n) is 4.15. The lowest BCUT2D eigenvalue weighted by Gasteiger charge is -1.83. The predicted octanol–water partition coefficient (Wildman–Crippen LogP) is 5.52. The summed E-state index contributed by atoms with van der Waals surface area (Å²) in [6, 6.07) is 0. The molecule has 1 heterocycles. The van der Waals surface area contributed by atoms with Crippen molar-refractivity contribution in [3.05, 3.63) is 122 Å². The van der Waals surface area contributed by atoms with Gasteiger partial charge in [0.25, 0.3) is 0 Å². The van der Waals surface area contributed by atoms with Crippen LogP contribution in [0.1, 0.15) is 0 Å². The predicted molar refractivity (Wildman–Crippen MR) is 101 cm³/mol. The minimum Gasteiger partial charge on any atom is -0.365 e. The van der Waals surface area contributed by atoms with Gasteiger partial charge in [0.1, 0.15) is 6.26 Å². The van der Waals surface area contributed by atoms with Crippen molar-refractivity contribution in [1.82, 2.24) is 0 Å². The van der Waals surface area contributed by atoms with E-state index in [0.717, 1.165) is 0 Å². The van der Waals surface area contributed by atoms with Crippen LogP contribution >= 0.6 is 0 Å². The molecule has 0 unspecified atom stereocenters. The first-order chi connectivity index (χ1) is 11.5. The van der Waals surface area contributed by atoms with Gasteiger partial charge in [-0.2, -0.15) is 0 Å². The minimum absolute atomic E-state index is 1.51. The summed E-state index contributed by atoms with van der Waals surface area (Å²) in [5.41, 5.74) is 0. The molecule has 0 amide bonds. The number of hydrogen-bond acceptors (Lipinski definition) is 2. The monoisotopic (exact) mass is 303 g/mol. The molecule has 0 saturated heterocycles. The smallest absolute Gasteiger partial charge is 0.122 e. The van der Waals surface area contributed by atoms with Gasteiger partial charge in [-0.05, 0) is 12.2 Å². The van der Waals surface area contributed by atoms with Crippen molar-refractivity contribution in [3.63, 3.8) is 0 Å². The third-order valence-electron chi connectivity index (χ3n) is 2.35. The Kier molecular flexibility index (Phi) is 11.9. The van der Waals surface area contributed by atoms with Gasteiger partial charge >= 0.3 is 0 Å². The Balaban J connectivity index is 2.63. The number of oxime groups is 1. The molecule has 1 aliphatic heterocycles. The summed E-state index contributed by atoms with van der Waals surface area (Å²) < 4.78 is 0. The highest BCUT2D eigenvalue weighted by Crippen LogP contribution is 1.87. The Bertz CT molecular complexity index is 564. The average molecular weight is 303 g/mol. The topological polar surface area (TPSA) is 21.6 Å².